The van der Waals surface area contributed by atoms with Crippen molar-refractivity contribution in [2.45, 2.75) is 13.0 Å². The molecule has 0 spiro atoms. The molecule has 0 bridgehead atoms. The summed E-state index contributed by atoms with van der Waals surface area (Å²) in [4.78, 5) is 29.0. The molecule has 0 unspecified atom stereocenters. The van der Waals surface area contributed by atoms with Crippen molar-refractivity contribution in [3.63, 3.8) is 0 Å². The van der Waals surface area contributed by atoms with Gasteiger partial charge in [0.15, 0.2) is 6.10 Å². The Bertz CT molecular complexity index is 1200. The fourth-order valence-corrected chi connectivity index (χ4v) is 2.98. The summed E-state index contributed by atoms with van der Waals surface area (Å²) < 4.78 is 20.1. The third kappa shape index (κ3) is 4.05. The highest BCUT2D eigenvalue weighted by molar-refractivity contribution is 5.97. The Morgan fingerprint density at radius 3 is 2.43 bits per heavy atom. The van der Waals surface area contributed by atoms with Gasteiger partial charge in [0.25, 0.3) is 5.91 Å². The van der Waals surface area contributed by atoms with Crippen molar-refractivity contribution < 1.29 is 18.7 Å². The number of para-hydroxylation sites is 2. The summed E-state index contributed by atoms with van der Waals surface area (Å²) in [6.07, 6.45) is 0.708. The summed E-state index contributed by atoms with van der Waals surface area (Å²) in [6.45, 7) is 1.47. The molecule has 4 rings (SSSR count). The fourth-order valence-electron chi connectivity index (χ4n) is 2.98. The van der Waals surface area contributed by atoms with E-state index in [4.69, 9.17) is 4.74 Å². The van der Waals surface area contributed by atoms with Gasteiger partial charge in [-0.25, -0.2) is 14.2 Å². The zero-order valence-electron chi connectivity index (χ0n) is 16.1. The van der Waals surface area contributed by atoms with E-state index in [0.717, 1.165) is 16.7 Å². The van der Waals surface area contributed by atoms with Gasteiger partial charge in [0.05, 0.1) is 16.6 Å². The highest BCUT2D eigenvalue weighted by atomic mass is 19.1. The van der Waals surface area contributed by atoms with Gasteiger partial charge in [-0.1, -0.05) is 12.1 Å². The number of amides is 1. The quantitative estimate of drug-likeness (QED) is 0.503. The summed E-state index contributed by atoms with van der Waals surface area (Å²) in [7, 11) is 0. The van der Waals surface area contributed by atoms with Gasteiger partial charge >= 0.3 is 5.97 Å². The Balaban J connectivity index is 1.42. The molecule has 0 aliphatic heterocycles. The molecule has 0 aliphatic carbocycles. The first-order chi connectivity index (χ1) is 14.5. The first-order valence-electron chi connectivity index (χ1n) is 9.31. The Morgan fingerprint density at radius 2 is 1.70 bits per heavy atom. The molecule has 0 saturated heterocycles. The van der Waals surface area contributed by atoms with Crippen LogP contribution in [0.3, 0.4) is 0 Å². The van der Waals surface area contributed by atoms with Crippen LogP contribution in [0.4, 0.5) is 10.1 Å². The normalized spacial score (nSPS) is 11.8. The largest absolute Gasteiger partial charge is 0.449 e. The SMILES string of the molecule is C[C@@H](OC(=O)c1ccc(-n2cnc3ccccc32)cc1)C(=O)Nc1ccc(F)cc1. The average Bonchev–Trinajstić information content (AvgIpc) is 3.19. The minimum Gasteiger partial charge on any atom is -0.449 e. The van der Waals surface area contributed by atoms with E-state index >= 15 is 0 Å². The zero-order valence-corrected chi connectivity index (χ0v) is 16.1. The van der Waals surface area contributed by atoms with E-state index in [2.05, 4.69) is 10.3 Å². The van der Waals surface area contributed by atoms with Crippen molar-refractivity contribution in [1.82, 2.24) is 9.55 Å². The number of anilines is 1. The summed E-state index contributed by atoms with van der Waals surface area (Å²) in [5.41, 5.74) is 3.43. The van der Waals surface area contributed by atoms with Gasteiger partial charge in [-0.2, -0.15) is 0 Å². The number of hydrogen-bond donors (Lipinski definition) is 1. The smallest absolute Gasteiger partial charge is 0.338 e. The van der Waals surface area contributed by atoms with Crippen molar-refractivity contribution in [1.29, 1.82) is 0 Å². The first kappa shape index (κ1) is 19.3. The van der Waals surface area contributed by atoms with E-state index in [1.165, 1.54) is 31.2 Å². The van der Waals surface area contributed by atoms with Gasteiger partial charge in [0.1, 0.15) is 12.1 Å². The number of hydrogen-bond acceptors (Lipinski definition) is 4. The third-order valence-corrected chi connectivity index (χ3v) is 4.60. The molecule has 6 nitrogen and oxygen atoms in total. The monoisotopic (exact) mass is 403 g/mol. The number of ether oxygens (including phenoxy) is 1. The van der Waals surface area contributed by atoms with Gasteiger partial charge in [-0.15, -0.1) is 0 Å². The minimum absolute atomic E-state index is 0.324. The topological polar surface area (TPSA) is 73.2 Å². The van der Waals surface area contributed by atoms with Crippen molar-refractivity contribution >= 4 is 28.6 Å². The van der Waals surface area contributed by atoms with Crippen LogP contribution in [-0.2, 0) is 9.53 Å². The molecule has 1 amide bonds. The lowest BCUT2D eigenvalue weighted by Crippen LogP contribution is -2.30. The molecule has 4 aromatic rings. The predicted octanol–water partition coefficient (Wildman–Crippen LogP) is 4.35. The van der Waals surface area contributed by atoms with Crippen molar-refractivity contribution in [3.05, 3.63) is 90.5 Å². The Kier molecular flexibility index (Phi) is 5.26. The van der Waals surface area contributed by atoms with E-state index in [9.17, 15) is 14.0 Å². The van der Waals surface area contributed by atoms with E-state index in [1.54, 1.807) is 30.6 Å². The third-order valence-electron chi connectivity index (χ3n) is 4.60. The van der Waals surface area contributed by atoms with E-state index in [0.29, 0.717) is 11.3 Å². The van der Waals surface area contributed by atoms with Crippen LogP contribution in [0.15, 0.2) is 79.1 Å². The molecule has 1 atom stereocenters. The van der Waals surface area contributed by atoms with Crippen molar-refractivity contribution in [3.8, 4) is 5.69 Å². The number of halogens is 1. The number of carbonyl (C=O) groups excluding carboxylic acids is 2. The molecule has 0 radical (unpaired) electrons. The minimum atomic E-state index is -1.01. The Hall–Kier alpha value is -4.00. The molecule has 1 N–H and O–H groups in total. The molecule has 1 aromatic heterocycles. The first-order valence-corrected chi connectivity index (χ1v) is 9.31. The number of imidazole rings is 1. The van der Waals surface area contributed by atoms with Gasteiger partial charge in [-0.3, -0.25) is 9.36 Å². The molecule has 7 heteroatoms. The molecule has 1 heterocycles. The summed E-state index contributed by atoms with van der Waals surface area (Å²) >= 11 is 0. The second-order valence-corrected chi connectivity index (χ2v) is 6.69. The van der Waals surface area contributed by atoms with Gasteiger partial charge < -0.3 is 10.1 Å². The highest BCUT2D eigenvalue weighted by Gasteiger charge is 2.19. The second kappa shape index (κ2) is 8.16. The highest BCUT2D eigenvalue weighted by Crippen LogP contribution is 2.19. The molecule has 3 aromatic carbocycles. The van der Waals surface area contributed by atoms with Crippen LogP contribution in [0.2, 0.25) is 0 Å². The molecule has 0 fully saturated rings. The van der Waals surface area contributed by atoms with Crippen LogP contribution in [0.1, 0.15) is 17.3 Å². The maximum absolute atomic E-state index is 13.0. The maximum atomic E-state index is 13.0. The Labute approximate surface area is 171 Å². The average molecular weight is 403 g/mol. The maximum Gasteiger partial charge on any atom is 0.338 e. The van der Waals surface area contributed by atoms with Gasteiger partial charge in [0, 0.05) is 11.4 Å². The van der Waals surface area contributed by atoms with Crippen molar-refractivity contribution in [2.75, 3.05) is 5.32 Å². The number of nitrogens with zero attached hydrogens (tertiary/aromatic N) is 2. The second-order valence-electron chi connectivity index (χ2n) is 6.69. The van der Waals surface area contributed by atoms with Crippen LogP contribution in [0, 0.1) is 5.82 Å². The molecular formula is C23H18FN3O3. The van der Waals surface area contributed by atoms with Crippen LogP contribution >= 0.6 is 0 Å². The lowest BCUT2D eigenvalue weighted by atomic mass is 10.2. The number of fused-ring (bicyclic) bond motifs is 1. The van der Waals surface area contributed by atoms with Gasteiger partial charge in [0.2, 0.25) is 0 Å². The number of nitrogens with one attached hydrogen (secondary N) is 1. The predicted molar refractivity (Wildman–Crippen MR) is 111 cm³/mol. The van der Waals surface area contributed by atoms with Crippen LogP contribution < -0.4 is 5.32 Å². The number of rotatable bonds is 5. The number of benzene rings is 3. The summed E-state index contributed by atoms with van der Waals surface area (Å²) in [5.74, 6) is -1.52. The zero-order chi connectivity index (χ0) is 21.1. The Morgan fingerprint density at radius 1 is 1.00 bits per heavy atom. The van der Waals surface area contributed by atoms with E-state index in [-0.39, 0.29) is 0 Å². The number of carbonyl (C=O) groups is 2. The number of esters is 1. The summed E-state index contributed by atoms with van der Waals surface area (Å²) in [5, 5.41) is 2.58. The molecule has 0 saturated carbocycles. The van der Waals surface area contributed by atoms with E-state index < -0.39 is 23.8 Å². The lowest BCUT2D eigenvalue weighted by molar-refractivity contribution is -0.123. The van der Waals surface area contributed by atoms with Crippen LogP contribution in [-0.4, -0.2) is 27.5 Å². The van der Waals surface area contributed by atoms with Crippen LogP contribution in [0.5, 0.6) is 0 Å². The molecule has 0 aliphatic rings. The van der Waals surface area contributed by atoms with Gasteiger partial charge in [-0.05, 0) is 67.6 Å². The molecule has 30 heavy (non-hydrogen) atoms. The van der Waals surface area contributed by atoms with E-state index in [1.807, 2.05) is 28.8 Å². The molecule has 150 valence electrons. The van der Waals surface area contributed by atoms with Crippen molar-refractivity contribution in [2.24, 2.45) is 0 Å². The summed E-state index contributed by atoms with van der Waals surface area (Å²) in [6, 6.07) is 19.9. The standard InChI is InChI=1S/C23H18FN3O3/c1-15(22(28)26-18-10-8-17(24)9-11-18)30-23(29)16-6-12-19(13-7-16)27-14-25-20-4-2-3-5-21(20)27/h2-15H,1H3,(H,26,28)/t15-/m1/s1. The number of aromatic nitrogens is 2. The van der Waals surface area contributed by atoms with Crippen LogP contribution in [0.25, 0.3) is 16.7 Å². The fraction of sp³-hybridized carbons (Fsp3) is 0.0870. The lowest BCUT2D eigenvalue weighted by Gasteiger charge is -2.14. The molecular weight excluding hydrogens is 385 g/mol.